The normalized spacial score (nSPS) is 29.2. The average Bonchev–Trinajstić information content (AvgIpc) is 3.29. The minimum Gasteiger partial charge on any atom is -0.458 e. The van der Waals surface area contributed by atoms with Gasteiger partial charge in [-0.3, -0.25) is 9.69 Å². The molecule has 0 radical (unpaired) electrons. The smallest absolute Gasteiger partial charge is 0.236 e. The van der Waals surface area contributed by atoms with E-state index in [-0.39, 0.29) is 18.2 Å². The lowest BCUT2D eigenvalue weighted by Gasteiger charge is -2.29. The minimum absolute atomic E-state index is 0.0253. The standard InChI is InChI=1S/C30H41N3O5/c1-3-4-8-32(9-7-31)28(34)17-33-16-23(21-5-6-25-26(13-21)36-18-35-25)14-30(33)15-24(30)12-22-10-20(2)11-27-29(22)38-19-37-27/h5-6,10,13,20,23-24H,3-4,7-9,11-12,14-19,31H2,1-2H3/t20?,23-,24?,30?/m1/s1. The van der Waals surface area contributed by atoms with Crippen LogP contribution >= 0.6 is 0 Å². The summed E-state index contributed by atoms with van der Waals surface area (Å²) in [5.41, 5.74) is 8.45. The molecule has 6 rings (SSSR count). The highest BCUT2D eigenvalue weighted by Gasteiger charge is 2.62. The van der Waals surface area contributed by atoms with Crippen molar-refractivity contribution in [1.82, 2.24) is 9.80 Å². The molecule has 3 unspecified atom stereocenters. The second-order valence-electron chi connectivity index (χ2n) is 11.7. The highest BCUT2D eigenvalue weighted by atomic mass is 16.7. The van der Waals surface area contributed by atoms with Gasteiger partial charge >= 0.3 is 0 Å². The molecule has 1 amide bonds. The number of nitrogens with two attached hydrogens (primary N) is 1. The number of nitrogens with zero attached hydrogens (tertiary/aromatic N) is 2. The fourth-order valence-corrected chi connectivity index (χ4v) is 7.00. The zero-order chi connectivity index (χ0) is 26.3. The first kappa shape index (κ1) is 25.6. The van der Waals surface area contributed by atoms with E-state index < -0.39 is 0 Å². The van der Waals surface area contributed by atoms with Crippen LogP contribution in [0.4, 0.5) is 0 Å². The Hall–Kier alpha value is -2.71. The Balaban J connectivity index is 1.22. The number of likely N-dealkylation sites (tertiary alicyclic amines) is 1. The second kappa shape index (κ2) is 10.5. The van der Waals surface area contributed by atoms with Crippen LogP contribution in [0.3, 0.4) is 0 Å². The number of ether oxygens (including phenoxy) is 4. The van der Waals surface area contributed by atoms with Gasteiger partial charge in [-0.1, -0.05) is 32.4 Å². The Labute approximate surface area is 225 Å². The van der Waals surface area contributed by atoms with Gasteiger partial charge in [0.15, 0.2) is 17.3 Å². The van der Waals surface area contributed by atoms with Crippen LogP contribution in [0.5, 0.6) is 11.5 Å². The maximum Gasteiger partial charge on any atom is 0.236 e. The van der Waals surface area contributed by atoms with Crippen molar-refractivity contribution in [2.24, 2.45) is 17.6 Å². The molecule has 2 N–H and O–H groups in total. The summed E-state index contributed by atoms with van der Waals surface area (Å²) in [7, 11) is 0. The molecule has 1 aromatic carbocycles. The fourth-order valence-electron chi connectivity index (χ4n) is 7.00. The van der Waals surface area contributed by atoms with Crippen molar-refractivity contribution in [3.63, 3.8) is 0 Å². The zero-order valence-electron chi connectivity index (χ0n) is 22.7. The number of benzene rings is 1. The molecule has 2 fully saturated rings. The van der Waals surface area contributed by atoms with E-state index in [0.717, 1.165) is 74.6 Å². The number of hydrogen-bond acceptors (Lipinski definition) is 7. The lowest BCUT2D eigenvalue weighted by atomic mass is 9.90. The highest BCUT2D eigenvalue weighted by Crippen LogP contribution is 2.61. The number of amides is 1. The SMILES string of the molecule is CCCCN(CCN)C(=O)CN1C[C@H](c2ccc3c(c2)OCO3)CC12CC2CC1=CC(C)CC2=C1OCO2. The first-order valence-corrected chi connectivity index (χ1v) is 14.3. The van der Waals surface area contributed by atoms with Crippen LogP contribution < -0.4 is 15.2 Å². The largest absolute Gasteiger partial charge is 0.458 e. The van der Waals surface area contributed by atoms with Gasteiger partial charge in [0.25, 0.3) is 0 Å². The second-order valence-corrected chi connectivity index (χ2v) is 11.7. The molecule has 1 saturated heterocycles. The topological polar surface area (TPSA) is 86.5 Å². The van der Waals surface area contributed by atoms with Gasteiger partial charge < -0.3 is 29.6 Å². The molecule has 1 aromatic rings. The molecule has 1 spiro atoms. The number of hydrogen-bond donors (Lipinski definition) is 1. The molecule has 0 aromatic heterocycles. The quantitative estimate of drug-likeness (QED) is 0.494. The number of carbonyl (C=O) groups excluding carboxylic acids is 1. The Bertz CT molecular complexity index is 1130. The van der Waals surface area contributed by atoms with Gasteiger partial charge in [0.2, 0.25) is 19.5 Å². The van der Waals surface area contributed by atoms with E-state index in [2.05, 4.69) is 37.0 Å². The summed E-state index contributed by atoms with van der Waals surface area (Å²) < 4.78 is 22.9. The van der Waals surface area contributed by atoms with E-state index in [1.54, 1.807) is 0 Å². The molecule has 1 saturated carbocycles. The number of allylic oxidation sites excluding steroid dienone is 3. The molecule has 3 aliphatic heterocycles. The van der Waals surface area contributed by atoms with Crippen LogP contribution in [0.15, 0.2) is 41.4 Å². The maximum atomic E-state index is 13.5. The maximum absolute atomic E-state index is 13.5. The molecule has 8 heteroatoms. The Kier molecular flexibility index (Phi) is 7.03. The van der Waals surface area contributed by atoms with Gasteiger partial charge in [-0.2, -0.15) is 0 Å². The van der Waals surface area contributed by atoms with Crippen LogP contribution in [-0.2, 0) is 14.3 Å². The van der Waals surface area contributed by atoms with Gasteiger partial charge in [-0.05, 0) is 66.7 Å². The minimum atomic E-state index is 0.0253. The molecular formula is C30H41N3O5. The van der Waals surface area contributed by atoms with E-state index in [4.69, 9.17) is 24.7 Å². The first-order valence-electron chi connectivity index (χ1n) is 14.3. The zero-order valence-corrected chi connectivity index (χ0v) is 22.7. The fraction of sp³-hybridized carbons (Fsp3) is 0.633. The molecule has 2 aliphatic carbocycles. The summed E-state index contributed by atoms with van der Waals surface area (Å²) in [4.78, 5) is 18.0. The Morgan fingerprint density at radius 1 is 1.13 bits per heavy atom. The third-order valence-corrected chi connectivity index (χ3v) is 9.04. The average molecular weight is 524 g/mol. The number of rotatable bonds is 10. The molecule has 8 nitrogen and oxygen atoms in total. The van der Waals surface area contributed by atoms with Crippen molar-refractivity contribution >= 4 is 5.91 Å². The summed E-state index contributed by atoms with van der Waals surface area (Å²) in [5, 5.41) is 0. The molecule has 5 aliphatic rings. The van der Waals surface area contributed by atoms with Gasteiger partial charge in [0.05, 0.1) is 6.54 Å². The van der Waals surface area contributed by atoms with Crippen molar-refractivity contribution in [3.8, 4) is 11.5 Å². The Morgan fingerprint density at radius 3 is 2.82 bits per heavy atom. The van der Waals surface area contributed by atoms with Crippen LogP contribution in [-0.4, -0.2) is 67.6 Å². The summed E-state index contributed by atoms with van der Waals surface area (Å²) in [6.07, 6.45) is 8.46. The summed E-state index contributed by atoms with van der Waals surface area (Å²) in [5.74, 6) is 5.10. The van der Waals surface area contributed by atoms with Gasteiger partial charge in [0.1, 0.15) is 5.76 Å². The molecule has 4 atom stereocenters. The van der Waals surface area contributed by atoms with E-state index in [0.29, 0.717) is 44.2 Å². The van der Waals surface area contributed by atoms with Crippen LogP contribution in [0.25, 0.3) is 0 Å². The van der Waals surface area contributed by atoms with Crippen LogP contribution in [0.2, 0.25) is 0 Å². The summed E-state index contributed by atoms with van der Waals surface area (Å²) >= 11 is 0. The summed E-state index contributed by atoms with van der Waals surface area (Å²) in [6, 6.07) is 6.33. The van der Waals surface area contributed by atoms with Crippen molar-refractivity contribution < 1.29 is 23.7 Å². The molecule has 3 heterocycles. The third-order valence-electron chi connectivity index (χ3n) is 9.04. The predicted octanol–water partition coefficient (Wildman–Crippen LogP) is 4.12. The molecule has 206 valence electrons. The predicted molar refractivity (Wildman–Crippen MR) is 143 cm³/mol. The third kappa shape index (κ3) is 4.77. The van der Waals surface area contributed by atoms with E-state index >= 15 is 0 Å². The van der Waals surface area contributed by atoms with Crippen LogP contribution in [0, 0.1) is 11.8 Å². The molecular weight excluding hydrogens is 482 g/mol. The van der Waals surface area contributed by atoms with E-state index in [1.165, 1.54) is 11.1 Å². The monoisotopic (exact) mass is 523 g/mol. The summed E-state index contributed by atoms with van der Waals surface area (Å²) in [6.45, 7) is 8.22. The number of carbonyl (C=O) groups is 1. The molecule has 0 bridgehead atoms. The van der Waals surface area contributed by atoms with Crippen LogP contribution in [0.1, 0.15) is 63.9 Å². The van der Waals surface area contributed by atoms with Gasteiger partial charge in [-0.25, -0.2) is 0 Å². The Morgan fingerprint density at radius 2 is 1.97 bits per heavy atom. The lowest BCUT2D eigenvalue weighted by Crippen LogP contribution is -2.45. The van der Waals surface area contributed by atoms with Gasteiger partial charge in [-0.15, -0.1) is 0 Å². The van der Waals surface area contributed by atoms with Crippen molar-refractivity contribution in [1.29, 1.82) is 0 Å². The van der Waals surface area contributed by atoms with E-state index in [9.17, 15) is 4.79 Å². The van der Waals surface area contributed by atoms with Crippen molar-refractivity contribution in [3.05, 3.63) is 46.9 Å². The van der Waals surface area contributed by atoms with Crippen molar-refractivity contribution in [2.45, 2.75) is 63.8 Å². The first-order chi connectivity index (χ1) is 18.5. The number of unbranched alkanes of at least 4 members (excludes halogenated alkanes) is 1. The van der Waals surface area contributed by atoms with E-state index in [1.807, 2.05) is 11.0 Å². The number of fused-ring (bicyclic) bond motifs is 1. The van der Waals surface area contributed by atoms with Crippen molar-refractivity contribution in [2.75, 3.05) is 46.3 Å². The highest BCUT2D eigenvalue weighted by molar-refractivity contribution is 5.78. The lowest BCUT2D eigenvalue weighted by molar-refractivity contribution is -0.132. The van der Waals surface area contributed by atoms with Gasteiger partial charge in [0, 0.05) is 38.1 Å². The molecule has 38 heavy (non-hydrogen) atoms.